The summed E-state index contributed by atoms with van der Waals surface area (Å²) in [5.41, 5.74) is 7.62. The van der Waals surface area contributed by atoms with E-state index in [1.165, 1.54) is 5.56 Å². The lowest BCUT2D eigenvalue weighted by Gasteiger charge is -2.29. The van der Waals surface area contributed by atoms with Crippen molar-refractivity contribution in [3.63, 3.8) is 0 Å². The molecule has 0 aromatic heterocycles. The molecule has 0 saturated carbocycles. The Morgan fingerprint density at radius 3 is 2.33 bits per heavy atom. The van der Waals surface area contributed by atoms with E-state index >= 15 is 0 Å². The van der Waals surface area contributed by atoms with Crippen LogP contribution in [0, 0.1) is 5.92 Å². The number of rotatable bonds is 4. The molecule has 128 valence electrons. The largest absolute Gasteiger partial charge is 0.341 e. The Labute approximate surface area is 150 Å². The Kier molecular flexibility index (Phi) is 6.03. The molecule has 1 amide bonds. The van der Waals surface area contributed by atoms with E-state index in [0.29, 0.717) is 5.92 Å². The van der Waals surface area contributed by atoms with Gasteiger partial charge in [0.2, 0.25) is 5.91 Å². The number of carbonyl (C=O) groups is 1. The van der Waals surface area contributed by atoms with Crippen molar-refractivity contribution in [2.75, 3.05) is 13.1 Å². The number of amides is 1. The molecule has 1 aliphatic rings. The van der Waals surface area contributed by atoms with Gasteiger partial charge in [-0.2, -0.15) is 0 Å². The molecule has 0 bridgehead atoms. The van der Waals surface area contributed by atoms with E-state index < -0.39 is 5.54 Å². The van der Waals surface area contributed by atoms with Crippen LogP contribution in [0.4, 0.5) is 0 Å². The van der Waals surface area contributed by atoms with E-state index in [9.17, 15) is 4.79 Å². The minimum Gasteiger partial charge on any atom is -0.341 e. The number of hydrogen-bond acceptors (Lipinski definition) is 2. The minimum atomic E-state index is -0.955. The summed E-state index contributed by atoms with van der Waals surface area (Å²) in [5.74, 6) is 0.548. The molecule has 3 nitrogen and oxygen atoms in total. The third-order valence-corrected chi connectivity index (χ3v) is 4.76. The van der Waals surface area contributed by atoms with Crippen LogP contribution in [0.3, 0.4) is 0 Å². The summed E-state index contributed by atoms with van der Waals surface area (Å²) in [6.07, 6.45) is 2.07. The summed E-state index contributed by atoms with van der Waals surface area (Å²) in [4.78, 5) is 14.8. The molecule has 0 aliphatic carbocycles. The number of hydrogen-bond donors (Lipinski definition) is 1. The van der Waals surface area contributed by atoms with E-state index in [1.807, 2.05) is 48.2 Å². The molecule has 2 unspecified atom stereocenters. The zero-order valence-corrected chi connectivity index (χ0v) is 14.8. The maximum Gasteiger partial charge on any atom is 0.246 e. The lowest BCUT2D eigenvalue weighted by molar-refractivity contribution is -0.135. The number of nitrogens with zero attached hydrogens (tertiary/aromatic N) is 1. The highest BCUT2D eigenvalue weighted by Crippen LogP contribution is 2.26. The summed E-state index contributed by atoms with van der Waals surface area (Å²) >= 11 is 0. The summed E-state index contributed by atoms with van der Waals surface area (Å²) in [6, 6.07) is 20.1. The van der Waals surface area contributed by atoms with Crippen LogP contribution in [-0.4, -0.2) is 23.9 Å². The van der Waals surface area contributed by atoms with E-state index in [-0.39, 0.29) is 18.3 Å². The van der Waals surface area contributed by atoms with Crippen molar-refractivity contribution in [2.45, 2.75) is 25.3 Å². The smallest absolute Gasteiger partial charge is 0.246 e. The van der Waals surface area contributed by atoms with Crippen LogP contribution in [0.5, 0.6) is 0 Å². The van der Waals surface area contributed by atoms with Crippen LogP contribution in [0.2, 0.25) is 0 Å². The van der Waals surface area contributed by atoms with Gasteiger partial charge >= 0.3 is 0 Å². The molecule has 1 heterocycles. The number of nitrogens with two attached hydrogens (primary N) is 1. The van der Waals surface area contributed by atoms with Crippen molar-refractivity contribution in [1.82, 2.24) is 4.90 Å². The summed E-state index contributed by atoms with van der Waals surface area (Å²) < 4.78 is 0. The molecular weight excluding hydrogens is 320 g/mol. The highest BCUT2D eigenvalue weighted by molar-refractivity contribution is 5.87. The van der Waals surface area contributed by atoms with E-state index in [2.05, 4.69) is 24.3 Å². The van der Waals surface area contributed by atoms with Gasteiger partial charge < -0.3 is 10.6 Å². The van der Waals surface area contributed by atoms with E-state index in [4.69, 9.17) is 5.73 Å². The molecule has 4 heteroatoms. The van der Waals surface area contributed by atoms with Crippen molar-refractivity contribution in [3.8, 4) is 0 Å². The van der Waals surface area contributed by atoms with Gasteiger partial charge in [0.1, 0.15) is 5.54 Å². The quantitative estimate of drug-likeness (QED) is 0.924. The van der Waals surface area contributed by atoms with E-state index in [1.54, 1.807) is 0 Å². The lowest BCUT2D eigenvalue weighted by atomic mass is 9.91. The van der Waals surface area contributed by atoms with Crippen molar-refractivity contribution in [3.05, 3.63) is 71.8 Å². The fraction of sp³-hybridized carbons (Fsp3) is 0.350. The molecule has 2 N–H and O–H groups in total. The van der Waals surface area contributed by atoms with Gasteiger partial charge in [-0.25, -0.2) is 0 Å². The molecule has 1 fully saturated rings. The van der Waals surface area contributed by atoms with Crippen LogP contribution in [0.15, 0.2) is 60.7 Å². The second-order valence-corrected chi connectivity index (χ2v) is 6.66. The molecule has 0 spiro atoms. The average molecular weight is 345 g/mol. The van der Waals surface area contributed by atoms with Gasteiger partial charge in [0, 0.05) is 13.1 Å². The normalized spacial score (nSPS) is 19.4. The van der Waals surface area contributed by atoms with Crippen molar-refractivity contribution in [1.29, 1.82) is 0 Å². The molecule has 2 aromatic rings. The standard InChI is InChI=1S/C20H24N2O.ClH/c1-20(21,18-10-6-3-7-11-18)19(23)22-13-12-17(15-22)14-16-8-4-2-5-9-16;/h2-11,17H,12-15,21H2,1H3;1H. The third kappa shape index (κ3) is 3.97. The molecule has 1 aliphatic heterocycles. The molecule has 3 rings (SSSR count). The number of benzene rings is 2. The van der Waals surface area contributed by atoms with Crippen molar-refractivity contribution >= 4 is 18.3 Å². The molecule has 1 saturated heterocycles. The average Bonchev–Trinajstić information content (AvgIpc) is 3.04. The maximum atomic E-state index is 12.9. The lowest BCUT2D eigenvalue weighted by Crippen LogP contribution is -2.50. The molecular formula is C20H25ClN2O. The summed E-state index contributed by atoms with van der Waals surface area (Å²) in [6.45, 7) is 3.42. The molecule has 0 radical (unpaired) electrons. The Morgan fingerprint density at radius 2 is 1.71 bits per heavy atom. The van der Waals surface area contributed by atoms with Gasteiger partial charge in [-0.1, -0.05) is 60.7 Å². The predicted octanol–water partition coefficient (Wildman–Crippen LogP) is 3.37. The van der Waals surface area contributed by atoms with Crippen LogP contribution < -0.4 is 5.73 Å². The van der Waals surface area contributed by atoms with Crippen molar-refractivity contribution in [2.24, 2.45) is 11.7 Å². The van der Waals surface area contributed by atoms with Gasteiger partial charge in [-0.05, 0) is 36.8 Å². The summed E-state index contributed by atoms with van der Waals surface area (Å²) in [5, 5.41) is 0. The van der Waals surface area contributed by atoms with Crippen LogP contribution in [0.1, 0.15) is 24.5 Å². The summed E-state index contributed by atoms with van der Waals surface area (Å²) in [7, 11) is 0. The number of halogens is 1. The first-order valence-corrected chi connectivity index (χ1v) is 8.25. The maximum absolute atomic E-state index is 12.9. The Hall–Kier alpha value is -1.84. The highest BCUT2D eigenvalue weighted by atomic mass is 35.5. The van der Waals surface area contributed by atoms with Gasteiger partial charge in [-0.15, -0.1) is 12.4 Å². The van der Waals surface area contributed by atoms with Gasteiger partial charge in [0.05, 0.1) is 0 Å². The first-order chi connectivity index (χ1) is 11.1. The second kappa shape index (κ2) is 7.82. The molecule has 2 atom stereocenters. The third-order valence-electron chi connectivity index (χ3n) is 4.76. The Balaban J connectivity index is 0.00000208. The monoisotopic (exact) mass is 344 g/mol. The fourth-order valence-corrected chi connectivity index (χ4v) is 3.37. The Bertz CT molecular complexity index is 658. The van der Waals surface area contributed by atoms with Crippen LogP contribution in [0.25, 0.3) is 0 Å². The van der Waals surface area contributed by atoms with Gasteiger partial charge in [-0.3, -0.25) is 4.79 Å². The van der Waals surface area contributed by atoms with E-state index in [0.717, 1.165) is 31.5 Å². The Morgan fingerprint density at radius 1 is 1.12 bits per heavy atom. The fourth-order valence-electron chi connectivity index (χ4n) is 3.37. The minimum absolute atomic E-state index is 0. The number of carbonyl (C=O) groups excluding carboxylic acids is 1. The molecule has 24 heavy (non-hydrogen) atoms. The predicted molar refractivity (Wildman–Crippen MR) is 100 cm³/mol. The SMILES string of the molecule is CC(N)(C(=O)N1CCC(Cc2ccccc2)C1)c1ccccc1.Cl. The first kappa shape index (κ1) is 18.5. The van der Waals surface area contributed by atoms with Gasteiger partial charge in [0.25, 0.3) is 0 Å². The number of likely N-dealkylation sites (tertiary alicyclic amines) is 1. The van der Waals surface area contributed by atoms with Crippen LogP contribution >= 0.6 is 12.4 Å². The topological polar surface area (TPSA) is 46.3 Å². The zero-order valence-electron chi connectivity index (χ0n) is 14.0. The van der Waals surface area contributed by atoms with Crippen molar-refractivity contribution < 1.29 is 4.79 Å². The zero-order chi connectivity index (χ0) is 16.3. The molecule has 2 aromatic carbocycles. The van der Waals surface area contributed by atoms with Crippen LogP contribution in [-0.2, 0) is 16.8 Å². The van der Waals surface area contributed by atoms with Gasteiger partial charge in [0.15, 0.2) is 0 Å². The highest BCUT2D eigenvalue weighted by Gasteiger charge is 2.37. The second-order valence-electron chi connectivity index (χ2n) is 6.66. The first-order valence-electron chi connectivity index (χ1n) is 8.25.